The van der Waals surface area contributed by atoms with E-state index in [1.165, 1.54) is 6.26 Å². The van der Waals surface area contributed by atoms with Crippen LogP contribution in [0.4, 0.5) is 0 Å². The Morgan fingerprint density at radius 1 is 1.27 bits per heavy atom. The number of aliphatic imine (C=N–C) groups is 1. The lowest BCUT2D eigenvalue weighted by Crippen LogP contribution is -2.43. The van der Waals surface area contributed by atoms with Crippen molar-refractivity contribution in [1.82, 2.24) is 16.0 Å². The molecule has 3 N–H and O–H groups in total. The SMILES string of the molecule is CCNC(=NCCc1ccc(OCC(=O)NC2CC2)cc1)NC(C)CCS(C)(=O)=O. The van der Waals surface area contributed by atoms with Gasteiger partial charge in [0, 0.05) is 31.4 Å². The molecule has 0 aromatic heterocycles. The molecule has 1 unspecified atom stereocenters. The van der Waals surface area contributed by atoms with Crippen molar-refractivity contribution >= 4 is 21.7 Å². The number of ether oxygens (including phenoxy) is 1. The van der Waals surface area contributed by atoms with E-state index < -0.39 is 9.84 Å². The third-order valence-electron chi connectivity index (χ3n) is 4.56. The fourth-order valence-corrected chi connectivity index (χ4v) is 3.49. The molecular weight excluding hydrogens is 404 g/mol. The largest absolute Gasteiger partial charge is 0.484 e. The molecule has 1 aliphatic rings. The number of hydrogen-bond acceptors (Lipinski definition) is 5. The van der Waals surface area contributed by atoms with Gasteiger partial charge in [0.2, 0.25) is 0 Å². The maximum Gasteiger partial charge on any atom is 0.258 e. The number of nitrogens with zero attached hydrogens (tertiary/aromatic N) is 1. The van der Waals surface area contributed by atoms with E-state index in [0.717, 1.165) is 31.4 Å². The Bertz CT molecular complexity index is 805. The Morgan fingerprint density at radius 2 is 1.97 bits per heavy atom. The highest BCUT2D eigenvalue weighted by Crippen LogP contribution is 2.18. The Kier molecular flexibility index (Phi) is 9.42. The second kappa shape index (κ2) is 11.8. The van der Waals surface area contributed by atoms with Crippen LogP contribution < -0.4 is 20.7 Å². The highest BCUT2D eigenvalue weighted by Gasteiger charge is 2.23. The van der Waals surface area contributed by atoms with Crippen molar-refractivity contribution in [2.45, 2.75) is 51.6 Å². The third kappa shape index (κ3) is 10.5. The summed E-state index contributed by atoms with van der Waals surface area (Å²) in [7, 11) is -2.97. The van der Waals surface area contributed by atoms with E-state index in [0.29, 0.717) is 30.7 Å². The lowest BCUT2D eigenvalue weighted by Gasteiger charge is -2.17. The predicted molar refractivity (Wildman–Crippen MR) is 120 cm³/mol. The third-order valence-corrected chi connectivity index (χ3v) is 5.53. The number of guanidine groups is 1. The van der Waals surface area contributed by atoms with Gasteiger partial charge in [-0.05, 0) is 57.2 Å². The maximum atomic E-state index is 11.7. The number of hydrogen-bond donors (Lipinski definition) is 3. The average Bonchev–Trinajstić information content (AvgIpc) is 3.49. The zero-order valence-electron chi connectivity index (χ0n) is 18.1. The second-order valence-electron chi connectivity index (χ2n) is 7.75. The summed E-state index contributed by atoms with van der Waals surface area (Å²) < 4.78 is 28.1. The highest BCUT2D eigenvalue weighted by atomic mass is 32.2. The van der Waals surface area contributed by atoms with Crippen LogP contribution in [0.1, 0.15) is 38.7 Å². The smallest absolute Gasteiger partial charge is 0.258 e. The second-order valence-corrected chi connectivity index (χ2v) is 10.0. The number of amides is 1. The minimum absolute atomic E-state index is 0.00562. The van der Waals surface area contributed by atoms with E-state index in [2.05, 4.69) is 20.9 Å². The molecule has 1 aliphatic carbocycles. The summed E-state index contributed by atoms with van der Waals surface area (Å²) in [4.78, 5) is 16.2. The number of nitrogens with one attached hydrogen (secondary N) is 3. The average molecular weight is 439 g/mol. The van der Waals surface area contributed by atoms with Gasteiger partial charge in [0.25, 0.3) is 5.91 Å². The van der Waals surface area contributed by atoms with Crippen molar-refractivity contribution in [2.75, 3.05) is 31.7 Å². The molecule has 8 nitrogen and oxygen atoms in total. The number of carbonyl (C=O) groups is 1. The molecule has 30 heavy (non-hydrogen) atoms. The molecule has 0 aliphatic heterocycles. The van der Waals surface area contributed by atoms with Crippen LogP contribution >= 0.6 is 0 Å². The van der Waals surface area contributed by atoms with Gasteiger partial charge in [-0.15, -0.1) is 0 Å². The minimum Gasteiger partial charge on any atom is -0.484 e. The van der Waals surface area contributed by atoms with Crippen LogP contribution in [0.3, 0.4) is 0 Å². The van der Waals surface area contributed by atoms with E-state index in [9.17, 15) is 13.2 Å². The van der Waals surface area contributed by atoms with E-state index in [4.69, 9.17) is 4.74 Å². The van der Waals surface area contributed by atoms with Crippen LogP contribution in [0, 0.1) is 0 Å². The quantitative estimate of drug-likeness (QED) is 0.335. The summed E-state index contributed by atoms with van der Waals surface area (Å²) in [5.74, 6) is 1.42. The molecule has 168 valence electrons. The summed E-state index contributed by atoms with van der Waals surface area (Å²) in [6.45, 7) is 5.29. The van der Waals surface area contributed by atoms with Gasteiger partial charge in [0.15, 0.2) is 12.6 Å². The van der Waals surface area contributed by atoms with E-state index in [1.807, 2.05) is 38.1 Å². The Hall–Kier alpha value is -2.29. The molecule has 1 saturated carbocycles. The molecule has 1 amide bonds. The molecule has 1 aromatic rings. The number of rotatable bonds is 12. The molecule has 9 heteroatoms. The van der Waals surface area contributed by atoms with Crippen molar-refractivity contribution < 1.29 is 17.9 Å². The minimum atomic E-state index is -2.97. The van der Waals surface area contributed by atoms with Gasteiger partial charge in [-0.1, -0.05) is 12.1 Å². The molecule has 1 aromatic carbocycles. The lowest BCUT2D eigenvalue weighted by atomic mass is 10.1. The number of benzene rings is 1. The summed E-state index contributed by atoms with van der Waals surface area (Å²) in [6, 6.07) is 8.01. The van der Waals surface area contributed by atoms with Crippen LogP contribution in [-0.2, 0) is 21.1 Å². The molecule has 2 rings (SSSR count). The van der Waals surface area contributed by atoms with Gasteiger partial charge in [-0.2, -0.15) is 0 Å². The van der Waals surface area contributed by atoms with Crippen LogP contribution in [-0.4, -0.2) is 64.1 Å². The first-order valence-electron chi connectivity index (χ1n) is 10.5. The van der Waals surface area contributed by atoms with Gasteiger partial charge in [-0.3, -0.25) is 9.79 Å². The molecular formula is C21H34N4O4S. The monoisotopic (exact) mass is 438 g/mol. The molecule has 0 heterocycles. The van der Waals surface area contributed by atoms with Crippen LogP contribution in [0.5, 0.6) is 5.75 Å². The first-order valence-corrected chi connectivity index (χ1v) is 12.5. The van der Waals surface area contributed by atoms with Gasteiger partial charge in [-0.25, -0.2) is 8.42 Å². The molecule has 0 radical (unpaired) electrons. The van der Waals surface area contributed by atoms with Crippen molar-refractivity contribution in [2.24, 2.45) is 4.99 Å². The molecule has 0 spiro atoms. The van der Waals surface area contributed by atoms with Gasteiger partial charge >= 0.3 is 0 Å². The number of sulfone groups is 1. The molecule has 1 fully saturated rings. The number of carbonyl (C=O) groups excluding carboxylic acids is 1. The van der Waals surface area contributed by atoms with Gasteiger partial charge < -0.3 is 20.7 Å². The Morgan fingerprint density at radius 3 is 2.57 bits per heavy atom. The molecule has 0 bridgehead atoms. The standard InChI is InChI=1S/C21H34N4O4S/c1-4-22-21(24-16(2)12-14-30(3,27)28)23-13-11-17-5-9-19(10-6-17)29-15-20(26)25-18-7-8-18/h5-6,9-10,16,18H,4,7-8,11-15H2,1-3H3,(H,25,26)(H2,22,23,24). The normalized spacial score (nSPS) is 15.4. The summed E-state index contributed by atoms with van der Waals surface area (Å²) >= 11 is 0. The van der Waals surface area contributed by atoms with E-state index in [1.54, 1.807) is 0 Å². The fraction of sp³-hybridized carbons (Fsp3) is 0.619. The van der Waals surface area contributed by atoms with Crippen molar-refractivity contribution in [3.05, 3.63) is 29.8 Å². The lowest BCUT2D eigenvalue weighted by molar-refractivity contribution is -0.123. The maximum absolute atomic E-state index is 11.7. The summed E-state index contributed by atoms with van der Waals surface area (Å²) in [6.07, 6.45) is 4.67. The summed E-state index contributed by atoms with van der Waals surface area (Å²) in [5, 5.41) is 9.32. The van der Waals surface area contributed by atoms with Crippen LogP contribution in [0.25, 0.3) is 0 Å². The van der Waals surface area contributed by atoms with Gasteiger partial charge in [0.1, 0.15) is 15.6 Å². The van der Waals surface area contributed by atoms with Gasteiger partial charge in [0.05, 0.1) is 5.75 Å². The van der Waals surface area contributed by atoms with E-state index in [-0.39, 0.29) is 24.3 Å². The van der Waals surface area contributed by atoms with Crippen LogP contribution in [0.2, 0.25) is 0 Å². The van der Waals surface area contributed by atoms with Crippen molar-refractivity contribution in [1.29, 1.82) is 0 Å². The Labute approximate surface area is 179 Å². The predicted octanol–water partition coefficient (Wildman–Crippen LogP) is 1.26. The fourth-order valence-electron chi connectivity index (χ4n) is 2.71. The topological polar surface area (TPSA) is 109 Å². The first-order chi connectivity index (χ1) is 14.2. The zero-order valence-corrected chi connectivity index (χ0v) is 18.9. The Balaban J connectivity index is 1.75. The van der Waals surface area contributed by atoms with E-state index >= 15 is 0 Å². The van der Waals surface area contributed by atoms with Crippen molar-refractivity contribution in [3.8, 4) is 5.75 Å². The first kappa shape index (κ1) is 24.0. The van der Waals surface area contributed by atoms with Crippen LogP contribution in [0.15, 0.2) is 29.3 Å². The highest BCUT2D eigenvalue weighted by molar-refractivity contribution is 7.90. The molecule has 0 saturated heterocycles. The molecule has 1 atom stereocenters. The zero-order chi connectivity index (χ0) is 22.0. The summed E-state index contributed by atoms with van der Waals surface area (Å²) in [5.41, 5.74) is 1.12. The van der Waals surface area contributed by atoms with Crippen molar-refractivity contribution in [3.63, 3.8) is 0 Å².